The van der Waals surface area contributed by atoms with Gasteiger partial charge in [0.2, 0.25) is 11.8 Å². The number of thioether (sulfide) groups is 1. The first-order chi connectivity index (χ1) is 9.72. The average Bonchev–Trinajstić information content (AvgIpc) is 3.03. The van der Waals surface area contributed by atoms with Crippen molar-refractivity contribution in [2.24, 2.45) is 0 Å². The van der Waals surface area contributed by atoms with Crippen LogP contribution in [-0.4, -0.2) is 26.2 Å². The molecule has 20 heavy (non-hydrogen) atoms. The van der Waals surface area contributed by atoms with Crippen molar-refractivity contribution in [2.75, 3.05) is 11.1 Å². The third-order valence-electron chi connectivity index (χ3n) is 2.63. The number of amides is 1. The first kappa shape index (κ1) is 12.7. The monoisotopic (exact) mass is 288 g/mol. The molecule has 0 fully saturated rings. The summed E-state index contributed by atoms with van der Waals surface area (Å²) in [5, 5.41) is 7.14. The maximum atomic E-state index is 11.8. The maximum Gasteiger partial charge on any atom is 0.237 e. The van der Waals surface area contributed by atoms with E-state index in [1.807, 2.05) is 28.8 Å². The number of carbonyl (C=O) groups excluding carboxylic acids is 1. The smallest absolute Gasteiger partial charge is 0.237 e. The van der Waals surface area contributed by atoms with Gasteiger partial charge in [0.1, 0.15) is 0 Å². The van der Waals surface area contributed by atoms with Crippen LogP contribution >= 0.6 is 11.8 Å². The Morgan fingerprint density at radius 2 is 2.40 bits per heavy atom. The normalized spacial score (nSPS) is 10.8. The molecular weight excluding hydrogens is 276 g/mol. The lowest BCUT2D eigenvalue weighted by molar-refractivity contribution is -0.113. The summed E-state index contributed by atoms with van der Waals surface area (Å²) in [7, 11) is 0. The molecule has 102 valence electrons. The van der Waals surface area contributed by atoms with Crippen LogP contribution in [0.1, 0.15) is 5.69 Å². The summed E-state index contributed by atoms with van der Waals surface area (Å²) in [4.78, 5) is 16.1. The highest BCUT2D eigenvalue weighted by molar-refractivity contribution is 7.99. The molecule has 0 radical (unpaired) electrons. The van der Waals surface area contributed by atoms with Crippen LogP contribution in [0, 0.1) is 6.92 Å². The first-order valence-corrected chi connectivity index (χ1v) is 6.99. The van der Waals surface area contributed by atoms with E-state index in [9.17, 15) is 4.79 Å². The van der Waals surface area contributed by atoms with Crippen molar-refractivity contribution in [1.29, 1.82) is 0 Å². The first-order valence-electron chi connectivity index (χ1n) is 6.00. The van der Waals surface area contributed by atoms with Crippen LogP contribution < -0.4 is 5.32 Å². The van der Waals surface area contributed by atoms with Gasteiger partial charge in [-0.1, -0.05) is 23.0 Å². The molecule has 3 heterocycles. The van der Waals surface area contributed by atoms with E-state index in [1.165, 1.54) is 11.8 Å². The van der Waals surface area contributed by atoms with Crippen molar-refractivity contribution in [3.8, 4) is 0 Å². The van der Waals surface area contributed by atoms with Gasteiger partial charge in [-0.05, 0) is 19.1 Å². The molecule has 0 aromatic carbocycles. The van der Waals surface area contributed by atoms with Gasteiger partial charge in [-0.2, -0.15) is 0 Å². The number of rotatable bonds is 4. The number of aromatic nitrogens is 3. The van der Waals surface area contributed by atoms with Gasteiger partial charge in [-0.15, -0.1) is 0 Å². The van der Waals surface area contributed by atoms with Crippen molar-refractivity contribution in [3.05, 3.63) is 42.4 Å². The van der Waals surface area contributed by atoms with Gasteiger partial charge in [-0.3, -0.25) is 14.5 Å². The predicted molar refractivity (Wildman–Crippen MR) is 75.8 cm³/mol. The number of nitrogens with one attached hydrogen (secondary N) is 1. The lowest BCUT2D eigenvalue weighted by Gasteiger charge is -2.01. The standard InChI is InChI=1S/C13H12N4O2S/c1-9-6-12(19-16-9)15-11(18)8-20-13-14-7-10-4-2-3-5-17(10)13/h2-7H,8H2,1H3,(H,15,18). The summed E-state index contributed by atoms with van der Waals surface area (Å²) in [6.45, 7) is 1.80. The molecule has 3 aromatic heterocycles. The molecule has 0 spiro atoms. The van der Waals surface area contributed by atoms with Gasteiger partial charge in [0.15, 0.2) is 5.16 Å². The van der Waals surface area contributed by atoms with Crippen LogP contribution in [0.3, 0.4) is 0 Å². The fourth-order valence-electron chi connectivity index (χ4n) is 1.75. The lowest BCUT2D eigenvalue weighted by Crippen LogP contribution is -2.13. The summed E-state index contributed by atoms with van der Waals surface area (Å²) < 4.78 is 6.87. The molecule has 3 rings (SSSR count). The van der Waals surface area contributed by atoms with Gasteiger partial charge in [0, 0.05) is 12.3 Å². The van der Waals surface area contributed by atoms with Crippen LogP contribution in [0.25, 0.3) is 5.52 Å². The number of hydrogen-bond acceptors (Lipinski definition) is 5. The fourth-order valence-corrected chi connectivity index (χ4v) is 2.52. The molecule has 0 aliphatic rings. The maximum absolute atomic E-state index is 11.8. The second-order valence-corrected chi connectivity index (χ2v) is 5.15. The van der Waals surface area contributed by atoms with E-state index in [0.29, 0.717) is 5.88 Å². The van der Waals surface area contributed by atoms with Gasteiger partial charge in [-0.25, -0.2) is 4.98 Å². The summed E-state index contributed by atoms with van der Waals surface area (Å²) in [5.41, 5.74) is 1.73. The third-order valence-corrected chi connectivity index (χ3v) is 3.59. The number of anilines is 1. The van der Waals surface area contributed by atoms with Gasteiger partial charge in [0.25, 0.3) is 0 Å². The molecule has 0 saturated heterocycles. The number of pyridine rings is 1. The summed E-state index contributed by atoms with van der Waals surface area (Å²) in [6.07, 6.45) is 3.70. The molecule has 1 amide bonds. The van der Waals surface area contributed by atoms with Crippen LogP contribution in [0.4, 0.5) is 5.88 Å². The number of carbonyl (C=O) groups is 1. The quantitative estimate of drug-likeness (QED) is 0.746. The summed E-state index contributed by atoms with van der Waals surface area (Å²) in [5.74, 6) is 0.466. The van der Waals surface area contributed by atoms with E-state index in [4.69, 9.17) is 4.52 Å². The van der Waals surface area contributed by atoms with Crippen molar-refractivity contribution < 1.29 is 9.32 Å². The molecule has 3 aromatic rings. The Hall–Kier alpha value is -2.28. The van der Waals surface area contributed by atoms with E-state index in [2.05, 4.69) is 15.5 Å². The minimum atomic E-state index is -0.154. The minimum Gasteiger partial charge on any atom is -0.338 e. The Balaban J connectivity index is 1.63. The van der Waals surface area contributed by atoms with Gasteiger partial charge < -0.3 is 4.52 Å². The Morgan fingerprint density at radius 1 is 1.50 bits per heavy atom. The zero-order chi connectivity index (χ0) is 13.9. The predicted octanol–water partition coefficient (Wildman–Crippen LogP) is 2.36. The van der Waals surface area contributed by atoms with E-state index >= 15 is 0 Å². The van der Waals surface area contributed by atoms with Gasteiger partial charge in [0.05, 0.1) is 23.2 Å². The van der Waals surface area contributed by atoms with Crippen molar-refractivity contribution in [1.82, 2.24) is 14.5 Å². The second-order valence-electron chi connectivity index (χ2n) is 4.21. The fraction of sp³-hybridized carbons (Fsp3) is 0.154. The third kappa shape index (κ3) is 2.67. The number of fused-ring (bicyclic) bond motifs is 1. The van der Waals surface area contributed by atoms with E-state index in [0.717, 1.165) is 16.4 Å². The topological polar surface area (TPSA) is 72.4 Å². The number of aryl methyl sites for hydroxylation is 1. The number of nitrogens with zero attached hydrogens (tertiary/aromatic N) is 3. The number of hydrogen-bond donors (Lipinski definition) is 1. The molecule has 0 saturated carbocycles. The van der Waals surface area contributed by atoms with E-state index < -0.39 is 0 Å². The van der Waals surface area contributed by atoms with Crippen LogP contribution in [-0.2, 0) is 4.79 Å². The van der Waals surface area contributed by atoms with Crippen LogP contribution in [0.5, 0.6) is 0 Å². The Kier molecular flexibility index (Phi) is 3.42. The highest BCUT2D eigenvalue weighted by Gasteiger charge is 2.09. The highest BCUT2D eigenvalue weighted by atomic mass is 32.2. The zero-order valence-electron chi connectivity index (χ0n) is 10.7. The molecule has 0 aliphatic heterocycles. The molecule has 0 aliphatic carbocycles. The zero-order valence-corrected chi connectivity index (χ0v) is 11.6. The molecule has 0 unspecified atom stereocenters. The Labute approximate surface area is 119 Å². The summed E-state index contributed by atoms with van der Waals surface area (Å²) in [6, 6.07) is 7.52. The second kappa shape index (κ2) is 5.38. The van der Waals surface area contributed by atoms with E-state index in [-0.39, 0.29) is 11.7 Å². The Bertz CT molecular complexity index is 750. The van der Waals surface area contributed by atoms with Crippen LogP contribution in [0.15, 0.2) is 46.3 Å². The highest BCUT2D eigenvalue weighted by Crippen LogP contribution is 2.18. The SMILES string of the molecule is Cc1cc(NC(=O)CSc2ncc3ccccn23)on1. The summed E-state index contributed by atoms with van der Waals surface area (Å²) >= 11 is 1.37. The lowest BCUT2D eigenvalue weighted by atomic mass is 10.4. The number of imidazole rings is 1. The van der Waals surface area contributed by atoms with Crippen molar-refractivity contribution >= 4 is 29.1 Å². The van der Waals surface area contributed by atoms with Crippen molar-refractivity contribution in [3.63, 3.8) is 0 Å². The average molecular weight is 288 g/mol. The molecule has 6 nitrogen and oxygen atoms in total. The van der Waals surface area contributed by atoms with E-state index in [1.54, 1.807) is 19.2 Å². The van der Waals surface area contributed by atoms with Crippen LogP contribution in [0.2, 0.25) is 0 Å². The minimum absolute atomic E-state index is 0.154. The Morgan fingerprint density at radius 3 is 3.20 bits per heavy atom. The molecule has 7 heteroatoms. The molecular formula is C13H12N4O2S. The molecule has 1 N–H and O–H groups in total. The van der Waals surface area contributed by atoms with Gasteiger partial charge >= 0.3 is 0 Å². The largest absolute Gasteiger partial charge is 0.338 e. The van der Waals surface area contributed by atoms with Crippen molar-refractivity contribution in [2.45, 2.75) is 12.1 Å². The molecule has 0 bridgehead atoms. The molecule has 0 atom stereocenters.